The minimum atomic E-state index is -0.719. The second kappa shape index (κ2) is 8.87. The first-order valence-electron chi connectivity index (χ1n) is 6.99. The molecule has 0 aliphatic heterocycles. The Morgan fingerprint density at radius 2 is 2.14 bits per heavy atom. The normalized spacial score (nSPS) is 13.6. The molecule has 1 aromatic rings. The molecular weight excluding hydrogens is 292 g/mol. The maximum atomic E-state index is 11.8. The third-order valence-electron chi connectivity index (χ3n) is 3.15. The molecule has 0 radical (unpaired) electrons. The van der Waals surface area contributed by atoms with Crippen LogP contribution in [0.1, 0.15) is 13.8 Å². The van der Waals surface area contributed by atoms with Gasteiger partial charge in [-0.3, -0.25) is 4.79 Å². The quantitative estimate of drug-likeness (QED) is 0.764. The van der Waals surface area contributed by atoms with Gasteiger partial charge in [-0.05, 0) is 26.0 Å². The van der Waals surface area contributed by atoms with E-state index in [9.17, 15) is 9.90 Å². The summed E-state index contributed by atoms with van der Waals surface area (Å²) < 4.78 is 5.44. The standard InChI is InChI=1S/C15H23ClN2O3/c1-4-18(3)15(20)11(2)17-9-12(19)10-21-14-8-6-5-7-13(14)16/h5-8,11-12,17,19H,4,9-10H2,1-3H3. The molecule has 0 heterocycles. The van der Waals surface area contributed by atoms with Crippen molar-refractivity contribution in [2.75, 3.05) is 26.7 Å². The van der Waals surface area contributed by atoms with Crippen LogP contribution in [0.4, 0.5) is 0 Å². The largest absolute Gasteiger partial charge is 0.489 e. The lowest BCUT2D eigenvalue weighted by Crippen LogP contribution is -2.46. The van der Waals surface area contributed by atoms with Crippen LogP contribution in [0.5, 0.6) is 5.75 Å². The smallest absolute Gasteiger partial charge is 0.239 e. The van der Waals surface area contributed by atoms with Crippen LogP contribution in [0.3, 0.4) is 0 Å². The fourth-order valence-electron chi connectivity index (χ4n) is 1.69. The Bertz CT molecular complexity index is 456. The molecule has 0 aliphatic rings. The van der Waals surface area contributed by atoms with Gasteiger partial charge in [-0.15, -0.1) is 0 Å². The van der Waals surface area contributed by atoms with Crippen LogP contribution in [0.25, 0.3) is 0 Å². The number of carbonyl (C=O) groups excluding carboxylic acids is 1. The number of para-hydroxylation sites is 1. The third kappa shape index (κ3) is 5.91. The summed E-state index contributed by atoms with van der Waals surface area (Å²) >= 11 is 5.96. The van der Waals surface area contributed by atoms with Crippen LogP contribution in [0.2, 0.25) is 5.02 Å². The van der Waals surface area contributed by atoms with Crippen molar-refractivity contribution in [2.45, 2.75) is 26.0 Å². The van der Waals surface area contributed by atoms with Gasteiger partial charge >= 0.3 is 0 Å². The topological polar surface area (TPSA) is 61.8 Å². The van der Waals surface area contributed by atoms with Gasteiger partial charge in [0.1, 0.15) is 18.5 Å². The number of benzene rings is 1. The molecule has 1 aromatic carbocycles. The number of nitrogens with one attached hydrogen (secondary N) is 1. The molecule has 5 nitrogen and oxygen atoms in total. The Hall–Kier alpha value is -1.30. The number of rotatable bonds is 8. The molecule has 0 saturated carbocycles. The van der Waals surface area contributed by atoms with Crippen LogP contribution in [0.15, 0.2) is 24.3 Å². The molecule has 6 heteroatoms. The van der Waals surface area contributed by atoms with E-state index in [2.05, 4.69) is 5.32 Å². The summed E-state index contributed by atoms with van der Waals surface area (Å²) in [5.74, 6) is 0.532. The number of hydrogen-bond donors (Lipinski definition) is 2. The van der Waals surface area contributed by atoms with E-state index in [4.69, 9.17) is 16.3 Å². The molecule has 2 unspecified atom stereocenters. The Labute approximate surface area is 130 Å². The highest BCUT2D eigenvalue weighted by Gasteiger charge is 2.17. The molecule has 0 aliphatic carbocycles. The number of carbonyl (C=O) groups is 1. The second-order valence-electron chi connectivity index (χ2n) is 4.88. The van der Waals surface area contributed by atoms with Gasteiger partial charge in [0.15, 0.2) is 0 Å². The zero-order valence-electron chi connectivity index (χ0n) is 12.7. The molecule has 1 rings (SSSR count). The van der Waals surface area contributed by atoms with Crippen molar-refractivity contribution in [3.05, 3.63) is 29.3 Å². The zero-order chi connectivity index (χ0) is 15.8. The van der Waals surface area contributed by atoms with Gasteiger partial charge in [0.25, 0.3) is 0 Å². The predicted molar refractivity (Wildman–Crippen MR) is 83.7 cm³/mol. The van der Waals surface area contributed by atoms with E-state index in [1.807, 2.05) is 19.1 Å². The van der Waals surface area contributed by atoms with Crippen LogP contribution < -0.4 is 10.1 Å². The monoisotopic (exact) mass is 314 g/mol. The van der Waals surface area contributed by atoms with E-state index in [0.717, 1.165) is 0 Å². The van der Waals surface area contributed by atoms with Crippen LogP contribution in [0, 0.1) is 0 Å². The van der Waals surface area contributed by atoms with Gasteiger partial charge in [-0.1, -0.05) is 23.7 Å². The van der Waals surface area contributed by atoms with Crippen molar-refractivity contribution in [3.63, 3.8) is 0 Å². The number of hydrogen-bond acceptors (Lipinski definition) is 4. The van der Waals surface area contributed by atoms with Gasteiger partial charge in [0, 0.05) is 20.1 Å². The van der Waals surface area contributed by atoms with E-state index < -0.39 is 6.10 Å². The van der Waals surface area contributed by atoms with Gasteiger partial charge < -0.3 is 20.1 Å². The second-order valence-corrected chi connectivity index (χ2v) is 5.28. The average Bonchev–Trinajstić information content (AvgIpc) is 2.50. The lowest BCUT2D eigenvalue weighted by Gasteiger charge is -2.22. The number of amides is 1. The number of aliphatic hydroxyl groups excluding tert-OH is 1. The summed E-state index contributed by atoms with van der Waals surface area (Å²) in [6, 6.07) is 6.75. The summed E-state index contributed by atoms with van der Waals surface area (Å²) in [5.41, 5.74) is 0. The van der Waals surface area contributed by atoms with E-state index >= 15 is 0 Å². The van der Waals surface area contributed by atoms with Crippen LogP contribution in [-0.2, 0) is 4.79 Å². The summed E-state index contributed by atoms with van der Waals surface area (Å²) in [7, 11) is 1.75. The average molecular weight is 315 g/mol. The van der Waals surface area contributed by atoms with Gasteiger partial charge in [0.05, 0.1) is 11.1 Å². The summed E-state index contributed by atoms with van der Waals surface area (Å²) in [6.45, 7) is 4.73. The third-order valence-corrected chi connectivity index (χ3v) is 3.46. The molecule has 0 fully saturated rings. The van der Waals surface area contributed by atoms with Crippen molar-refractivity contribution in [1.82, 2.24) is 10.2 Å². The van der Waals surface area contributed by atoms with E-state index in [1.54, 1.807) is 31.0 Å². The van der Waals surface area contributed by atoms with Gasteiger partial charge in [-0.25, -0.2) is 0 Å². The molecule has 2 N–H and O–H groups in total. The fourth-order valence-corrected chi connectivity index (χ4v) is 1.88. The molecule has 0 saturated heterocycles. The first-order chi connectivity index (χ1) is 9.95. The lowest BCUT2D eigenvalue weighted by atomic mass is 10.2. The summed E-state index contributed by atoms with van der Waals surface area (Å²) in [4.78, 5) is 13.5. The molecule has 0 bridgehead atoms. The molecule has 0 aromatic heterocycles. The zero-order valence-corrected chi connectivity index (χ0v) is 13.4. The van der Waals surface area contributed by atoms with E-state index in [1.165, 1.54) is 0 Å². The molecule has 1 amide bonds. The number of ether oxygens (including phenoxy) is 1. The molecule has 118 valence electrons. The minimum absolute atomic E-state index is 0.00304. The van der Waals surface area contributed by atoms with E-state index in [0.29, 0.717) is 17.3 Å². The highest BCUT2D eigenvalue weighted by atomic mass is 35.5. The Morgan fingerprint density at radius 1 is 1.48 bits per heavy atom. The first kappa shape index (κ1) is 17.8. The van der Waals surface area contributed by atoms with Crippen LogP contribution >= 0.6 is 11.6 Å². The highest BCUT2D eigenvalue weighted by molar-refractivity contribution is 6.32. The molecule has 2 atom stereocenters. The SMILES string of the molecule is CCN(C)C(=O)C(C)NCC(O)COc1ccccc1Cl. The number of halogens is 1. The maximum Gasteiger partial charge on any atom is 0.239 e. The number of likely N-dealkylation sites (N-methyl/N-ethyl adjacent to an activating group) is 1. The van der Waals surface area contributed by atoms with Crippen LogP contribution in [-0.4, -0.2) is 54.8 Å². The number of nitrogens with zero attached hydrogens (tertiary/aromatic N) is 1. The minimum Gasteiger partial charge on any atom is -0.489 e. The first-order valence-corrected chi connectivity index (χ1v) is 7.37. The summed E-state index contributed by atoms with van der Waals surface area (Å²) in [6.07, 6.45) is -0.719. The van der Waals surface area contributed by atoms with Crippen molar-refractivity contribution in [3.8, 4) is 5.75 Å². The molecule has 0 spiro atoms. The highest BCUT2D eigenvalue weighted by Crippen LogP contribution is 2.22. The maximum absolute atomic E-state index is 11.8. The van der Waals surface area contributed by atoms with Gasteiger partial charge in [-0.2, -0.15) is 0 Å². The van der Waals surface area contributed by atoms with Crippen molar-refractivity contribution < 1.29 is 14.6 Å². The Morgan fingerprint density at radius 3 is 2.76 bits per heavy atom. The predicted octanol–water partition coefficient (Wildman–Crippen LogP) is 1.54. The van der Waals surface area contributed by atoms with Crippen molar-refractivity contribution in [1.29, 1.82) is 0 Å². The van der Waals surface area contributed by atoms with Crippen molar-refractivity contribution in [2.24, 2.45) is 0 Å². The van der Waals surface area contributed by atoms with Gasteiger partial charge in [0.2, 0.25) is 5.91 Å². The number of aliphatic hydroxyl groups is 1. The van der Waals surface area contributed by atoms with Crippen molar-refractivity contribution >= 4 is 17.5 Å². The lowest BCUT2D eigenvalue weighted by molar-refractivity contribution is -0.131. The Kier molecular flexibility index (Phi) is 7.50. The summed E-state index contributed by atoms with van der Waals surface area (Å²) in [5, 5.41) is 13.4. The molecular formula is C15H23ClN2O3. The molecule has 21 heavy (non-hydrogen) atoms. The fraction of sp³-hybridized carbons (Fsp3) is 0.533. The van der Waals surface area contributed by atoms with E-state index in [-0.39, 0.29) is 25.1 Å². The Balaban J connectivity index is 2.33.